The van der Waals surface area contributed by atoms with Crippen LogP contribution in [0.3, 0.4) is 0 Å². The molecule has 4 nitrogen and oxygen atoms in total. The van der Waals surface area contributed by atoms with Crippen LogP contribution in [0.15, 0.2) is 16.9 Å². The molecule has 2 rings (SSSR count). The zero-order chi connectivity index (χ0) is 10.3. The van der Waals surface area contributed by atoms with Gasteiger partial charge in [-0.1, -0.05) is 0 Å². The second-order valence-corrected chi connectivity index (χ2v) is 3.71. The zero-order valence-electron chi connectivity index (χ0n) is 8.08. The van der Waals surface area contributed by atoms with Crippen LogP contribution in [-0.2, 0) is 0 Å². The number of hydrogen-bond donors (Lipinski definition) is 2. The van der Waals surface area contributed by atoms with Crippen LogP contribution in [0.5, 0.6) is 0 Å². The summed E-state index contributed by atoms with van der Waals surface area (Å²) in [5.74, 6) is -0.149. The summed E-state index contributed by atoms with van der Waals surface area (Å²) in [7, 11) is 0. The molecule has 0 aromatic carbocycles. The maximum absolute atomic E-state index is 11.9. The largest absolute Gasteiger partial charge is 0.384 e. The van der Waals surface area contributed by atoms with Crippen molar-refractivity contribution in [1.82, 2.24) is 4.57 Å². The topological polar surface area (TPSA) is 71.9 Å². The molecule has 0 unspecified atom stereocenters. The average molecular weight is 191 g/mol. The van der Waals surface area contributed by atoms with E-state index < -0.39 is 0 Å². The van der Waals surface area contributed by atoms with Crippen LogP contribution in [0, 0.1) is 12.3 Å². The Kier molecular flexibility index (Phi) is 1.91. The van der Waals surface area contributed by atoms with Gasteiger partial charge < -0.3 is 10.3 Å². The smallest absolute Gasteiger partial charge is 0.261 e. The van der Waals surface area contributed by atoms with E-state index in [1.807, 2.05) is 13.0 Å². The fourth-order valence-electron chi connectivity index (χ4n) is 1.64. The third-order valence-corrected chi connectivity index (χ3v) is 2.52. The Labute approximate surface area is 81.9 Å². The van der Waals surface area contributed by atoms with Gasteiger partial charge in [-0.25, -0.2) is 0 Å². The van der Waals surface area contributed by atoms with Crippen LogP contribution < -0.4 is 11.3 Å². The summed E-state index contributed by atoms with van der Waals surface area (Å²) in [6, 6.07) is 3.80. The van der Waals surface area contributed by atoms with Crippen molar-refractivity contribution in [1.29, 1.82) is 5.41 Å². The number of hydrogen-bond acceptors (Lipinski definition) is 2. The van der Waals surface area contributed by atoms with Crippen molar-refractivity contribution in [3.8, 4) is 0 Å². The van der Waals surface area contributed by atoms with Gasteiger partial charge in [0.25, 0.3) is 5.56 Å². The Bertz CT molecular complexity index is 443. The normalized spacial score (nSPS) is 15.5. The Balaban J connectivity index is 2.62. The van der Waals surface area contributed by atoms with Crippen molar-refractivity contribution in [3.05, 3.63) is 33.7 Å². The molecule has 0 aliphatic heterocycles. The minimum Gasteiger partial charge on any atom is -0.384 e. The SMILES string of the molecule is Cc1ccc(C(=N)N)c(=O)n1C1CC1. The number of aryl methyl sites for hydroxylation is 1. The van der Waals surface area contributed by atoms with Gasteiger partial charge in [-0.2, -0.15) is 0 Å². The fourth-order valence-corrected chi connectivity index (χ4v) is 1.64. The third kappa shape index (κ3) is 1.32. The molecular weight excluding hydrogens is 178 g/mol. The van der Waals surface area contributed by atoms with Gasteiger partial charge in [0, 0.05) is 11.7 Å². The molecule has 1 aliphatic rings. The van der Waals surface area contributed by atoms with E-state index in [0.29, 0.717) is 11.6 Å². The van der Waals surface area contributed by atoms with E-state index in [4.69, 9.17) is 11.1 Å². The van der Waals surface area contributed by atoms with Crippen molar-refractivity contribution in [3.63, 3.8) is 0 Å². The van der Waals surface area contributed by atoms with Crippen molar-refractivity contribution in [2.24, 2.45) is 5.73 Å². The number of nitrogen functional groups attached to an aromatic ring is 1. The lowest BCUT2D eigenvalue weighted by Gasteiger charge is -2.09. The number of nitrogens with zero attached hydrogens (tertiary/aromatic N) is 1. The summed E-state index contributed by atoms with van der Waals surface area (Å²) >= 11 is 0. The highest BCUT2D eigenvalue weighted by Gasteiger charge is 2.26. The molecule has 3 N–H and O–H groups in total. The quantitative estimate of drug-likeness (QED) is 0.535. The Morgan fingerprint density at radius 2 is 2.21 bits per heavy atom. The van der Waals surface area contributed by atoms with Gasteiger partial charge in [0.1, 0.15) is 5.84 Å². The number of aromatic nitrogens is 1. The van der Waals surface area contributed by atoms with E-state index in [2.05, 4.69) is 0 Å². The van der Waals surface area contributed by atoms with Gasteiger partial charge in [0.15, 0.2) is 0 Å². The lowest BCUT2D eigenvalue weighted by molar-refractivity contribution is 0.680. The molecular formula is C10H13N3O. The summed E-state index contributed by atoms with van der Waals surface area (Å²) in [5, 5.41) is 7.27. The van der Waals surface area contributed by atoms with Gasteiger partial charge in [-0.05, 0) is 31.9 Å². The highest BCUT2D eigenvalue weighted by molar-refractivity contribution is 5.94. The summed E-state index contributed by atoms with van der Waals surface area (Å²) < 4.78 is 1.75. The molecule has 74 valence electrons. The Hall–Kier alpha value is -1.58. The first-order valence-electron chi connectivity index (χ1n) is 4.68. The third-order valence-electron chi connectivity index (χ3n) is 2.52. The monoisotopic (exact) mass is 191 g/mol. The second-order valence-electron chi connectivity index (χ2n) is 3.71. The molecule has 0 spiro atoms. The standard InChI is InChI=1S/C10H13N3O/c1-6-2-5-8(9(11)12)10(14)13(6)7-3-4-7/h2,5,7H,3-4H2,1H3,(H3,11,12). The highest BCUT2D eigenvalue weighted by atomic mass is 16.1. The zero-order valence-corrected chi connectivity index (χ0v) is 8.08. The van der Waals surface area contributed by atoms with Gasteiger partial charge in [0.2, 0.25) is 0 Å². The molecule has 0 atom stereocenters. The number of nitrogens with one attached hydrogen (secondary N) is 1. The molecule has 1 aromatic rings. The summed E-state index contributed by atoms with van der Waals surface area (Å²) in [4.78, 5) is 11.9. The number of amidine groups is 1. The predicted octanol–water partition coefficient (Wildman–Crippen LogP) is 0.776. The van der Waals surface area contributed by atoms with Crippen LogP contribution in [0.2, 0.25) is 0 Å². The van der Waals surface area contributed by atoms with Crippen LogP contribution in [0.4, 0.5) is 0 Å². The van der Waals surface area contributed by atoms with Crippen LogP contribution in [0.1, 0.15) is 30.1 Å². The summed E-state index contributed by atoms with van der Waals surface area (Å²) in [5.41, 5.74) is 6.45. The second kappa shape index (κ2) is 2.97. The van der Waals surface area contributed by atoms with Crippen molar-refractivity contribution < 1.29 is 0 Å². The lowest BCUT2D eigenvalue weighted by atomic mass is 10.2. The molecule has 4 heteroatoms. The van der Waals surface area contributed by atoms with Crippen molar-refractivity contribution >= 4 is 5.84 Å². The van der Waals surface area contributed by atoms with Gasteiger partial charge >= 0.3 is 0 Å². The number of nitrogens with two attached hydrogens (primary N) is 1. The van der Waals surface area contributed by atoms with Gasteiger partial charge in [-0.3, -0.25) is 10.2 Å². The first-order chi connectivity index (χ1) is 6.61. The molecule has 1 saturated carbocycles. The molecule has 1 heterocycles. The summed E-state index contributed by atoms with van der Waals surface area (Å²) in [6.07, 6.45) is 2.12. The van der Waals surface area contributed by atoms with Crippen molar-refractivity contribution in [2.45, 2.75) is 25.8 Å². The van der Waals surface area contributed by atoms with E-state index in [-0.39, 0.29) is 11.4 Å². The minimum absolute atomic E-state index is 0.125. The van der Waals surface area contributed by atoms with Crippen LogP contribution in [-0.4, -0.2) is 10.4 Å². The molecule has 1 aromatic heterocycles. The maximum Gasteiger partial charge on any atom is 0.261 e. The molecule has 0 amide bonds. The molecule has 1 fully saturated rings. The van der Waals surface area contributed by atoms with Gasteiger partial charge in [0.05, 0.1) is 5.56 Å². The average Bonchev–Trinajstić information content (AvgIpc) is 2.87. The fraction of sp³-hybridized carbons (Fsp3) is 0.400. The Morgan fingerprint density at radius 3 is 2.71 bits per heavy atom. The highest BCUT2D eigenvalue weighted by Crippen LogP contribution is 2.34. The Morgan fingerprint density at radius 1 is 1.57 bits per heavy atom. The van der Waals surface area contributed by atoms with E-state index in [0.717, 1.165) is 18.5 Å². The van der Waals surface area contributed by atoms with Crippen molar-refractivity contribution in [2.75, 3.05) is 0 Å². The maximum atomic E-state index is 11.9. The number of rotatable bonds is 2. The minimum atomic E-state index is -0.149. The molecule has 1 aliphatic carbocycles. The molecule has 0 radical (unpaired) electrons. The molecule has 0 bridgehead atoms. The first-order valence-corrected chi connectivity index (χ1v) is 4.68. The van der Waals surface area contributed by atoms with E-state index in [9.17, 15) is 4.79 Å². The lowest BCUT2D eigenvalue weighted by Crippen LogP contribution is -2.30. The molecule has 14 heavy (non-hydrogen) atoms. The van der Waals surface area contributed by atoms with E-state index in [1.54, 1.807) is 10.6 Å². The van der Waals surface area contributed by atoms with Crippen LogP contribution >= 0.6 is 0 Å². The van der Waals surface area contributed by atoms with Crippen LogP contribution in [0.25, 0.3) is 0 Å². The molecule has 0 saturated heterocycles. The van der Waals surface area contributed by atoms with E-state index in [1.165, 1.54) is 0 Å². The van der Waals surface area contributed by atoms with E-state index >= 15 is 0 Å². The number of pyridine rings is 1. The predicted molar refractivity (Wildman–Crippen MR) is 54.7 cm³/mol. The summed E-state index contributed by atoms with van der Waals surface area (Å²) in [6.45, 7) is 1.91. The first kappa shape index (κ1) is 8.99. The van der Waals surface area contributed by atoms with Gasteiger partial charge in [-0.15, -0.1) is 0 Å².